The van der Waals surface area contributed by atoms with E-state index in [0.717, 1.165) is 24.3 Å². The molecule has 0 radical (unpaired) electrons. The van der Waals surface area contributed by atoms with Gasteiger partial charge in [-0.05, 0) is 24.3 Å². The summed E-state index contributed by atoms with van der Waals surface area (Å²) in [6.45, 7) is 0. The van der Waals surface area contributed by atoms with Crippen molar-refractivity contribution in [3.8, 4) is 17.6 Å². The molecule has 7 heteroatoms. The zero-order chi connectivity index (χ0) is 17.9. The third-order valence-electron chi connectivity index (χ3n) is 3.34. The van der Waals surface area contributed by atoms with Crippen LogP contribution in [-0.2, 0) is 6.18 Å². The number of benzene rings is 2. The molecule has 2 rings (SSSR count). The van der Waals surface area contributed by atoms with E-state index in [1.54, 1.807) is 0 Å². The van der Waals surface area contributed by atoms with E-state index in [2.05, 4.69) is 0 Å². The number of nitriles is 1. The SMILES string of the molecule is COc1cc(C(=O)c2ccc(C(F)(F)F)cc2)cc(C#N)c1OC. The second-order valence-electron chi connectivity index (χ2n) is 4.78. The smallest absolute Gasteiger partial charge is 0.416 e. The van der Waals surface area contributed by atoms with Gasteiger partial charge in [0.25, 0.3) is 0 Å². The van der Waals surface area contributed by atoms with E-state index in [4.69, 9.17) is 14.7 Å². The van der Waals surface area contributed by atoms with Gasteiger partial charge in [0.05, 0.1) is 25.3 Å². The van der Waals surface area contributed by atoms with Crippen LogP contribution < -0.4 is 9.47 Å². The largest absolute Gasteiger partial charge is 0.493 e. The molecule has 0 aliphatic carbocycles. The summed E-state index contributed by atoms with van der Waals surface area (Å²) in [6, 6.07) is 8.42. The number of nitrogens with zero attached hydrogens (tertiary/aromatic N) is 1. The molecule has 0 fully saturated rings. The van der Waals surface area contributed by atoms with Crippen LogP contribution in [-0.4, -0.2) is 20.0 Å². The average Bonchev–Trinajstić information content (AvgIpc) is 2.59. The van der Waals surface area contributed by atoms with Gasteiger partial charge >= 0.3 is 6.18 Å². The van der Waals surface area contributed by atoms with Crippen molar-refractivity contribution >= 4 is 5.78 Å². The Bertz CT molecular complexity index is 806. The van der Waals surface area contributed by atoms with Gasteiger partial charge < -0.3 is 9.47 Å². The molecule has 0 bridgehead atoms. The minimum atomic E-state index is -4.47. The predicted octanol–water partition coefficient (Wildman–Crippen LogP) is 3.83. The van der Waals surface area contributed by atoms with E-state index < -0.39 is 17.5 Å². The molecule has 0 spiro atoms. The molecule has 0 amide bonds. The Kier molecular flexibility index (Phi) is 4.79. The molecule has 4 nitrogen and oxygen atoms in total. The molecule has 0 unspecified atom stereocenters. The maximum absolute atomic E-state index is 12.6. The molecule has 2 aromatic carbocycles. The first kappa shape index (κ1) is 17.3. The van der Waals surface area contributed by atoms with Gasteiger partial charge in [0.1, 0.15) is 6.07 Å². The Hall–Kier alpha value is -3.01. The van der Waals surface area contributed by atoms with Crippen LogP contribution >= 0.6 is 0 Å². The molecule has 0 heterocycles. The Morgan fingerprint density at radius 3 is 2.12 bits per heavy atom. The Balaban J connectivity index is 2.45. The Morgan fingerprint density at radius 1 is 1.04 bits per heavy atom. The molecule has 0 aliphatic rings. The summed E-state index contributed by atoms with van der Waals surface area (Å²) < 4.78 is 47.9. The quantitative estimate of drug-likeness (QED) is 0.797. The highest BCUT2D eigenvalue weighted by atomic mass is 19.4. The zero-order valence-electron chi connectivity index (χ0n) is 12.8. The van der Waals surface area contributed by atoms with Crippen molar-refractivity contribution in [2.24, 2.45) is 0 Å². The summed E-state index contributed by atoms with van der Waals surface area (Å²) in [4.78, 5) is 12.5. The zero-order valence-corrected chi connectivity index (χ0v) is 12.8. The monoisotopic (exact) mass is 335 g/mol. The van der Waals surface area contributed by atoms with E-state index >= 15 is 0 Å². The first-order valence-electron chi connectivity index (χ1n) is 6.70. The third kappa shape index (κ3) is 3.33. The van der Waals surface area contributed by atoms with E-state index in [0.29, 0.717) is 0 Å². The maximum atomic E-state index is 12.6. The van der Waals surface area contributed by atoms with Crippen molar-refractivity contribution in [1.29, 1.82) is 5.26 Å². The Labute approximate surface area is 136 Å². The minimum Gasteiger partial charge on any atom is -0.493 e. The molecule has 24 heavy (non-hydrogen) atoms. The fourth-order valence-corrected chi connectivity index (χ4v) is 2.16. The van der Waals surface area contributed by atoms with Gasteiger partial charge in [0.15, 0.2) is 17.3 Å². The lowest BCUT2D eigenvalue weighted by atomic mass is 9.99. The van der Waals surface area contributed by atoms with Crippen molar-refractivity contribution in [2.75, 3.05) is 14.2 Å². The van der Waals surface area contributed by atoms with Gasteiger partial charge in [-0.1, -0.05) is 12.1 Å². The lowest BCUT2D eigenvalue weighted by Crippen LogP contribution is -2.07. The molecule has 0 saturated carbocycles. The summed E-state index contributed by atoms with van der Waals surface area (Å²) in [7, 11) is 2.71. The number of hydrogen-bond acceptors (Lipinski definition) is 4. The second kappa shape index (κ2) is 6.62. The van der Waals surface area contributed by atoms with Crippen LogP contribution in [0.1, 0.15) is 27.0 Å². The van der Waals surface area contributed by atoms with Crippen LogP contribution in [0.4, 0.5) is 13.2 Å². The van der Waals surface area contributed by atoms with E-state index in [1.807, 2.05) is 6.07 Å². The van der Waals surface area contributed by atoms with E-state index in [1.165, 1.54) is 26.4 Å². The second-order valence-corrected chi connectivity index (χ2v) is 4.78. The number of alkyl halides is 3. The first-order valence-corrected chi connectivity index (χ1v) is 6.70. The number of methoxy groups -OCH3 is 2. The molecule has 0 atom stereocenters. The van der Waals surface area contributed by atoms with Crippen LogP contribution in [0, 0.1) is 11.3 Å². The first-order chi connectivity index (χ1) is 11.3. The van der Waals surface area contributed by atoms with Gasteiger partial charge in [0, 0.05) is 11.1 Å². The molecule has 0 aromatic heterocycles. The lowest BCUT2D eigenvalue weighted by Gasteiger charge is -2.11. The molecule has 2 aromatic rings. The van der Waals surface area contributed by atoms with Crippen LogP contribution in [0.5, 0.6) is 11.5 Å². The van der Waals surface area contributed by atoms with Crippen LogP contribution in [0.2, 0.25) is 0 Å². The highest BCUT2D eigenvalue weighted by Gasteiger charge is 2.30. The number of carbonyl (C=O) groups excluding carboxylic acids is 1. The maximum Gasteiger partial charge on any atom is 0.416 e. The number of halogens is 3. The minimum absolute atomic E-state index is 0.0686. The van der Waals surface area contributed by atoms with Crippen LogP contribution in [0.15, 0.2) is 36.4 Å². The van der Waals surface area contributed by atoms with Crippen molar-refractivity contribution in [1.82, 2.24) is 0 Å². The van der Waals surface area contributed by atoms with E-state index in [9.17, 15) is 18.0 Å². The summed E-state index contributed by atoms with van der Waals surface area (Å²) in [6.07, 6.45) is -4.47. The number of hydrogen-bond donors (Lipinski definition) is 0. The normalized spacial score (nSPS) is 10.8. The van der Waals surface area contributed by atoms with Gasteiger partial charge in [-0.15, -0.1) is 0 Å². The summed E-state index contributed by atoms with van der Waals surface area (Å²) in [5.41, 5.74) is -0.570. The van der Waals surface area contributed by atoms with Gasteiger partial charge in [0.2, 0.25) is 0 Å². The molecule has 0 aliphatic heterocycles. The van der Waals surface area contributed by atoms with Gasteiger partial charge in [-0.2, -0.15) is 18.4 Å². The van der Waals surface area contributed by atoms with Crippen molar-refractivity contribution in [3.63, 3.8) is 0 Å². The molecule has 0 N–H and O–H groups in total. The predicted molar refractivity (Wildman–Crippen MR) is 79.1 cm³/mol. The van der Waals surface area contributed by atoms with Gasteiger partial charge in [-0.25, -0.2) is 0 Å². The highest BCUT2D eigenvalue weighted by molar-refractivity contribution is 6.09. The summed E-state index contributed by atoms with van der Waals surface area (Å²) in [5, 5.41) is 9.15. The molecular weight excluding hydrogens is 323 g/mol. The van der Waals surface area contributed by atoms with Crippen LogP contribution in [0.3, 0.4) is 0 Å². The highest BCUT2D eigenvalue weighted by Crippen LogP contribution is 2.33. The molecular formula is C17H12F3NO3. The standard InChI is InChI=1S/C17H12F3NO3/c1-23-14-8-11(7-12(9-21)16(14)24-2)15(22)10-3-5-13(6-4-10)17(18,19)20/h3-8H,1-2H3. The lowest BCUT2D eigenvalue weighted by molar-refractivity contribution is -0.137. The van der Waals surface area contributed by atoms with Crippen molar-refractivity contribution < 1.29 is 27.4 Å². The van der Waals surface area contributed by atoms with Gasteiger partial charge in [-0.3, -0.25) is 4.79 Å². The number of rotatable bonds is 4. The summed E-state index contributed by atoms with van der Waals surface area (Å²) >= 11 is 0. The third-order valence-corrected chi connectivity index (χ3v) is 3.34. The average molecular weight is 335 g/mol. The number of ketones is 1. The van der Waals surface area contributed by atoms with Crippen LogP contribution in [0.25, 0.3) is 0 Å². The van der Waals surface area contributed by atoms with Crippen molar-refractivity contribution in [2.45, 2.75) is 6.18 Å². The van der Waals surface area contributed by atoms with E-state index in [-0.39, 0.29) is 28.2 Å². The fourth-order valence-electron chi connectivity index (χ4n) is 2.16. The fraction of sp³-hybridized carbons (Fsp3) is 0.176. The number of carbonyl (C=O) groups is 1. The summed E-state index contributed by atoms with van der Waals surface area (Å²) in [5.74, 6) is -0.156. The molecule has 124 valence electrons. The van der Waals surface area contributed by atoms with Crippen molar-refractivity contribution in [3.05, 3.63) is 58.7 Å². The Morgan fingerprint density at radius 2 is 1.67 bits per heavy atom. The molecule has 0 saturated heterocycles. The topological polar surface area (TPSA) is 59.3 Å². The number of ether oxygens (including phenoxy) is 2.